The molecule has 1 N–H and O–H groups in total. The Bertz CT molecular complexity index is 664. The molecule has 2 amide bonds. The first-order valence-electron chi connectivity index (χ1n) is 7.18. The molecule has 0 bridgehead atoms. The van der Waals surface area contributed by atoms with E-state index in [1.54, 1.807) is 0 Å². The predicted molar refractivity (Wildman–Crippen MR) is 83.5 cm³/mol. The lowest BCUT2D eigenvalue weighted by molar-refractivity contribution is -0.146. The van der Waals surface area contributed by atoms with Crippen molar-refractivity contribution in [2.75, 3.05) is 24.7 Å². The van der Waals surface area contributed by atoms with Crippen molar-refractivity contribution < 1.29 is 32.7 Å². The molecule has 2 rings (SSSR count). The number of halogens is 3. The minimum atomic E-state index is -4.47. The Labute approximate surface area is 145 Å². The fourth-order valence-corrected chi connectivity index (χ4v) is 3.12. The highest BCUT2D eigenvalue weighted by Gasteiger charge is 2.30. The number of carbonyl (C=O) groups excluding carboxylic acids is 2. The van der Waals surface area contributed by atoms with Gasteiger partial charge < -0.3 is 14.9 Å². The van der Waals surface area contributed by atoms with Gasteiger partial charge in [-0.2, -0.15) is 13.2 Å². The molecule has 6 nitrogen and oxygen atoms in total. The Morgan fingerprint density at radius 1 is 1.24 bits per heavy atom. The largest absolute Gasteiger partial charge is 0.480 e. The summed E-state index contributed by atoms with van der Waals surface area (Å²) in [5.41, 5.74) is -0.461. The monoisotopic (exact) mass is 376 g/mol. The number of carboxylic acid groups (broad SMARTS) is 1. The summed E-state index contributed by atoms with van der Waals surface area (Å²) >= 11 is 1.35. The van der Waals surface area contributed by atoms with Gasteiger partial charge in [0.25, 0.3) is 0 Å². The first kappa shape index (κ1) is 19.1. The van der Waals surface area contributed by atoms with Gasteiger partial charge in [-0.25, -0.2) is 0 Å². The highest BCUT2D eigenvalue weighted by Crippen LogP contribution is 2.29. The summed E-state index contributed by atoms with van der Waals surface area (Å²) < 4.78 is 37.7. The fourth-order valence-electron chi connectivity index (χ4n) is 2.22. The van der Waals surface area contributed by atoms with Crippen molar-refractivity contribution in [2.24, 2.45) is 0 Å². The van der Waals surface area contributed by atoms with Crippen LogP contribution in [0.25, 0.3) is 0 Å². The van der Waals surface area contributed by atoms with Crippen LogP contribution in [0.3, 0.4) is 0 Å². The smallest absolute Gasteiger partial charge is 0.416 e. The predicted octanol–water partition coefficient (Wildman–Crippen LogP) is 1.65. The number of carboxylic acids is 1. The van der Waals surface area contributed by atoms with E-state index in [1.165, 1.54) is 28.8 Å². The summed E-state index contributed by atoms with van der Waals surface area (Å²) in [4.78, 5) is 37.1. The van der Waals surface area contributed by atoms with E-state index in [-0.39, 0.29) is 24.7 Å². The minimum absolute atomic E-state index is 0.154. The number of hydrogen-bond donors (Lipinski definition) is 1. The summed E-state index contributed by atoms with van der Waals surface area (Å²) in [5, 5.41) is 8.95. The zero-order valence-corrected chi connectivity index (χ0v) is 13.8. The third kappa shape index (κ3) is 5.38. The van der Waals surface area contributed by atoms with E-state index in [1.807, 2.05) is 0 Å². The van der Waals surface area contributed by atoms with Crippen molar-refractivity contribution in [3.63, 3.8) is 0 Å². The third-order valence-corrected chi connectivity index (χ3v) is 4.43. The van der Waals surface area contributed by atoms with Crippen LogP contribution in [0.5, 0.6) is 0 Å². The van der Waals surface area contributed by atoms with Crippen LogP contribution in [0.2, 0.25) is 0 Å². The van der Waals surface area contributed by atoms with E-state index < -0.39 is 30.2 Å². The SMILES string of the molecule is O=C(O)CN(Cc1ccc(C(F)(F)F)cc1)C(=O)CN1CSCC1=O. The Hall–Kier alpha value is -2.23. The van der Waals surface area contributed by atoms with Crippen molar-refractivity contribution in [1.82, 2.24) is 9.80 Å². The molecule has 136 valence electrons. The van der Waals surface area contributed by atoms with E-state index in [9.17, 15) is 27.6 Å². The van der Waals surface area contributed by atoms with Crippen LogP contribution in [0.15, 0.2) is 24.3 Å². The molecular weight excluding hydrogens is 361 g/mol. The van der Waals surface area contributed by atoms with Crippen LogP contribution in [-0.4, -0.2) is 57.4 Å². The van der Waals surface area contributed by atoms with Crippen LogP contribution in [0.4, 0.5) is 13.2 Å². The maximum atomic E-state index is 12.6. The molecule has 0 spiro atoms. The topological polar surface area (TPSA) is 77.9 Å². The highest BCUT2D eigenvalue weighted by molar-refractivity contribution is 8.00. The zero-order valence-electron chi connectivity index (χ0n) is 13.0. The summed E-state index contributed by atoms with van der Waals surface area (Å²) in [6.07, 6.45) is -4.47. The summed E-state index contributed by atoms with van der Waals surface area (Å²) in [6.45, 7) is -1.01. The number of amides is 2. The van der Waals surface area contributed by atoms with Crippen LogP contribution < -0.4 is 0 Å². The molecule has 1 heterocycles. The molecule has 0 aromatic heterocycles. The molecule has 1 aromatic rings. The normalized spacial score (nSPS) is 14.7. The Morgan fingerprint density at radius 2 is 1.88 bits per heavy atom. The third-order valence-electron chi connectivity index (χ3n) is 3.49. The molecule has 10 heteroatoms. The van der Waals surface area contributed by atoms with Gasteiger partial charge in [-0.15, -0.1) is 11.8 Å². The molecular formula is C15H15F3N2O4S. The van der Waals surface area contributed by atoms with E-state index in [2.05, 4.69) is 0 Å². The summed E-state index contributed by atoms with van der Waals surface area (Å²) in [5.74, 6) is -1.40. The number of nitrogens with zero attached hydrogens (tertiary/aromatic N) is 2. The molecule has 1 aliphatic heterocycles. The first-order valence-corrected chi connectivity index (χ1v) is 8.33. The van der Waals surface area contributed by atoms with E-state index in [0.29, 0.717) is 11.4 Å². The lowest BCUT2D eigenvalue weighted by atomic mass is 10.1. The van der Waals surface area contributed by atoms with Crippen LogP contribution in [0, 0.1) is 0 Å². The number of benzene rings is 1. The number of aliphatic carboxylic acids is 1. The quantitative estimate of drug-likeness (QED) is 0.817. The van der Waals surface area contributed by atoms with E-state index in [4.69, 9.17) is 5.11 Å². The van der Waals surface area contributed by atoms with Crippen LogP contribution in [-0.2, 0) is 27.1 Å². The van der Waals surface area contributed by atoms with Crippen molar-refractivity contribution in [1.29, 1.82) is 0 Å². The second-order valence-electron chi connectivity index (χ2n) is 5.41. The van der Waals surface area contributed by atoms with Gasteiger partial charge in [0.1, 0.15) is 13.1 Å². The molecule has 1 aliphatic rings. The molecule has 1 aromatic carbocycles. The Balaban J connectivity index is 2.07. The Morgan fingerprint density at radius 3 is 2.36 bits per heavy atom. The molecule has 0 unspecified atom stereocenters. The van der Waals surface area contributed by atoms with Crippen molar-refractivity contribution in [3.8, 4) is 0 Å². The number of carbonyl (C=O) groups is 3. The number of rotatable bonds is 6. The van der Waals surface area contributed by atoms with Crippen molar-refractivity contribution >= 4 is 29.5 Å². The van der Waals surface area contributed by atoms with Crippen LogP contribution >= 0.6 is 11.8 Å². The van der Waals surface area contributed by atoms with E-state index >= 15 is 0 Å². The number of alkyl halides is 3. The maximum Gasteiger partial charge on any atom is 0.416 e. The second-order valence-corrected chi connectivity index (χ2v) is 6.36. The van der Waals surface area contributed by atoms with Gasteiger partial charge in [0.2, 0.25) is 11.8 Å². The zero-order chi connectivity index (χ0) is 18.6. The molecule has 1 fully saturated rings. The molecule has 0 atom stereocenters. The maximum absolute atomic E-state index is 12.6. The average molecular weight is 376 g/mol. The standard InChI is InChI=1S/C15H15F3N2O4S/c16-15(17,18)11-3-1-10(2-4-11)5-19(7-14(23)24)12(21)6-20-9-25-8-13(20)22/h1-4H,5-9H2,(H,23,24). The van der Waals surface area contributed by atoms with Gasteiger partial charge in [0.15, 0.2) is 0 Å². The van der Waals surface area contributed by atoms with Crippen molar-refractivity contribution in [2.45, 2.75) is 12.7 Å². The number of thioether (sulfide) groups is 1. The van der Waals surface area contributed by atoms with Gasteiger partial charge in [-0.1, -0.05) is 12.1 Å². The Kier molecular flexibility index (Phi) is 5.93. The molecule has 0 saturated carbocycles. The van der Waals surface area contributed by atoms with Gasteiger partial charge in [-0.05, 0) is 17.7 Å². The van der Waals surface area contributed by atoms with Gasteiger partial charge in [-0.3, -0.25) is 14.4 Å². The van der Waals surface area contributed by atoms with Gasteiger partial charge >= 0.3 is 12.1 Å². The highest BCUT2D eigenvalue weighted by atomic mass is 32.2. The van der Waals surface area contributed by atoms with Crippen LogP contribution in [0.1, 0.15) is 11.1 Å². The first-order chi connectivity index (χ1) is 11.7. The summed E-state index contributed by atoms with van der Waals surface area (Å²) in [6, 6.07) is 4.14. The van der Waals surface area contributed by atoms with Crippen molar-refractivity contribution in [3.05, 3.63) is 35.4 Å². The van der Waals surface area contributed by atoms with E-state index in [0.717, 1.165) is 17.0 Å². The fraction of sp³-hybridized carbons (Fsp3) is 0.400. The molecule has 0 radical (unpaired) electrons. The molecule has 25 heavy (non-hydrogen) atoms. The second kappa shape index (κ2) is 7.77. The van der Waals surface area contributed by atoms with Gasteiger partial charge in [0, 0.05) is 6.54 Å². The lowest BCUT2D eigenvalue weighted by Crippen LogP contribution is -2.42. The number of hydrogen-bond acceptors (Lipinski definition) is 4. The lowest BCUT2D eigenvalue weighted by Gasteiger charge is -2.24. The minimum Gasteiger partial charge on any atom is -0.480 e. The molecule has 0 aliphatic carbocycles. The summed E-state index contributed by atoms with van der Waals surface area (Å²) in [7, 11) is 0. The average Bonchev–Trinajstić information content (AvgIpc) is 2.91. The van der Waals surface area contributed by atoms with Gasteiger partial charge in [0.05, 0.1) is 17.2 Å². The molecule has 1 saturated heterocycles.